The van der Waals surface area contributed by atoms with Gasteiger partial charge in [0.2, 0.25) is 0 Å². The first-order chi connectivity index (χ1) is 6.83. The van der Waals surface area contributed by atoms with Gasteiger partial charge in [-0.1, -0.05) is 15.9 Å². The van der Waals surface area contributed by atoms with Crippen molar-refractivity contribution in [1.29, 1.82) is 0 Å². The van der Waals surface area contributed by atoms with E-state index < -0.39 is 0 Å². The third-order valence-corrected chi connectivity index (χ3v) is 3.30. The van der Waals surface area contributed by atoms with Crippen LogP contribution >= 0.6 is 27.5 Å². The zero-order chi connectivity index (χ0) is 9.54. The van der Waals surface area contributed by atoms with Crippen molar-refractivity contribution in [3.05, 3.63) is 34.9 Å². The molecule has 3 rings (SSSR count). The molecule has 0 fully saturated rings. The Bertz CT molecular complexity index is 618. The third kappa shape index (κ3) is 1.22. The van der Waals surface area contributed by atoms with Gasteiger partial charge >= 0.3 is 0 Å². The lowest BCUT2D eigenvalue weighted by Gasteiger charge is -1.97. The maximum Gasteiger partial charge on any atom is 0.144 e. The van der Waals surface area contributed by atoms with Gasteiger partial charge < -0.3 is 0 Å². The number of hydrogen-bond donors (Lipinski definition) is 0. The highest BCUT2D eigenvalue weighted by Gasteiger charge is 2.01. The van der Waals surface area contributed by atoms with Gasteiger partial charge in [0.05, 0.1) is 11.7 Å². The minimum atomic E-state index is 1.000. The van der Waals surface area contributed by atoms with E-state index in [0.29, 0.717) is 0 Å². The molecule has 0 aliphatic rings. The first kappa shape index (κ1) is 8.32. The average Bonchev–Trinajstić information content (AvgIpc) is 2.61. The molecule has 2 heterocycles. The molecule has 1 aromatic carbocycles. The predicted octanol–water partition coefficient (Wildman–Crippen LogP) is 3.61. The van der Waals surface area contributed by atoms with Crippen molar-refractivity contribution in [2.24, 2.45) is 0 Å². The molecule has 2 aromatic heterocycles. The molecule has 3 aromatic rings. The maximum atomic E-state index is 4.51. The first-order valence-corrected chi connectivity index (χ1v) is 5.70. The van der Waals surface area contributed by atoms with E-state index in [-0.39, 0.29) is 0 Å². The molecule has 68 valence electrons. The molecule has 0 saturated heterocycles. The maximum absolute atomic E-state index is 4.51. The van der Waals surface area contributed by atoms with Gasteiger partial charge in [0.15, 0.2) is 0 Å². The Morgan fingerprint density at radius 1 is 1.14 bits per heavy atom. The highest BCUT2D eigenvalue weighted by molar-refractivity contribution is 9.10. The number of aromatic nitrogens is 2. The Labute approximate surface area is 92.9 Å². The molecule has 14 heavy (non-hydrogen) atoms. The summed E-state index contributed by atoms with van der Waals surface area (Å²) >= 11 is 4.88. The minimum absolute atomic E-state index is 1.000. The van der Waals surface area contributed by atoms with Crippen molar-refractivity contribution < 1.29 is 0 Å². The smallest absolute Gasteiger partial charge is 0.144 e. The lowest BCUT2D eigenvalue weighted by atomic mass is 10.2. The van der Waals surface area contributed by atoms with Crippen molar-refractivity contribution in [3.8, 4) is 0 Å². The molecule has 0 atom stereocenters. The first-order valence-electron chi connectivity index (χ1n) is 4.14. The zero-order valence-corrected chi connectivity index (χ0v) is 9.47. The normalized spacial score (nSPS) is 11.2. The van der Waals surface area contributed by atoms with Crippen LogP contribution in [0.1, 0.15) is 0 Å². The van der Waals surface area contributed by atoms with Crippen LogP contribution in [0.5, 0.6) is 0 Å². The van der Waals surface area contributed by atoms with Crippen LogP contribution in [-0.4, -0.2) is 9.36 Å². The van der Waals surface area contributed by atoms with Crippen molar-refractivity contribution in [1.82, 2.24) is 9.36 Å². The summed E-state index contributed by atoms with van der Waals surface area (Å²) in [5, 5.41) is 2.26. The van der Waals surface area contributed by atoms with Crippen molar-refractivity contribution in [2.45, 2.75) is 0 Å². The molecule has 0 amide bonds. The van der Waals surface area contributed by atoms with Crippen LogP contribution in [0.3, 0.4) is 0 Å². The van der Waals surface area contributed by atoms with Gasteiger partial charge in [-0.25, -0.2) is 4.98 Å². The van der Waals surface area contributed by atoms with Gasteiger partial charge in [-0.2, -0.15) is 4.37 Å². The predicted molar refractivity (Wildman–Crippen MR) is 62.6 cm³/mol. The molecule has 0 saturated carbocycles. The van der Waals surface area contributed by atoms with Crippen molar-refractivity contribution >= 4 is 48.6 Å². The Kier molecular flexibility index (Phi) is 1.78. The molecule has 0 aliphatic carbocycles. The van der Waals surface area contributed by atoms with Gasteiger partial charge in [0.1, 0.15) is 4.83 Å². The summed E-state index contributed by atoms with van der Waals surface area (Å²) in [7, 11) is 0. The van der Waals surface area contributed by atoms with Crippen LogP contribution in [0.15, 0.2) is 34.9 Å². The molecule has 0 aliphatic heterocycles. The van der Waals surface area contributed by atoms with Gasteiger partial charge in [0, 0.05) is 15.2 Å². The average molecular weight is 265 g/mol. The minimum Gasteiger partial charge on any atom is -0.235 e. The number of nitrogens with zero attached hydrogens (tertiary/aromatic N) is 2. The molecule has 0 radical (unpaired) electrons. The summed E-state index contributed by atoms with van der Waals surface area (Å²) in [6, 6.07) is 8.20. The molecule has 0 bridgehead atoms. The molecule has 0 unspecified atom stereocenters. The van der Waals surface area contributed by atoms with E-state index in [0.717, 1.165) is 25.6 Å². The summed E-state index contributed by atoms with van der Waals surface area (Å²) in [5.41, 5.74) is 1.02. The fourth-order valence-electron chi connectivity index (χ4n) is 1.44. The van der Waals surface area contributed by atoms with Gasteiger partial charge in [-0.15, -0.1) is 0 Å². The van der Waals surface area contributed by atoms with Crippen LogP contribution in [-0.2, 0) is 0 Å². The van der Waals surface area contributed by atoms with E-state index in [2.05, 4.69) is 37.4 Å². The Balaban J connectivity index is 2.50. The monoisotopic (exact) mass is 264 g/mol. The highest BCUT2D eigenvalue weighted by Crippen LogP contribution is 2.24. The SMILES string of the molecule is Brc1ccc2nc3sncc3cc2c1. The second-order valence-corrected chi connectivity index (χ2v) is 4.74. The van der Waals surface area contributed by atoms with Gasteiger partial charge in [-0.05, 0) is 35.8 Å². The molecular weight excluding hydrogens is 260 g/mol. The van der Waals surface area contributed by atoms with E-state index in [9.17, 15) is 0 Å². The van der Waals surface area contributed by atoms with E-state index in [4.69, 9.17) is 0 Å². The van der Waals surface area contributed by atoms with E-state index in [1.807, 2.05) is 18.3 Å². The van der Waals surface area contributed by atoms with Crippen molar-refractivity contribution in [3.63, 3.8) is 0 Å². The van der Waals surface area contributed by atoms with Gasteiger partial charge in [-0.3, -0.25) is 0 Å². The fourth-order valence-corrected chi connectivity index (χ4v) is 2.45. The second-order valence-electron chi connectivity index (χ2n) is 3.05. The quantitative estimate of drug-likeness (QED) is 0.620. The van der Waals surface area contributed by atoms with E-state index in [1.165, 1.54) is 11.5 Å². The topological polar surface area (TPSA) is 25.8 Å². The molecule has 4 heteroatoms. The Morgan fingerprint density at radius 2 is 2.07 bits per heavy atom. The number of rotatable bonds is 0. The Morgan fingerprint density at radius 3 is 3.00 bits per heavy atom. The number of hydrogen-bond acceptors (Lipinski definition) is 3. The van der Waals surface area contributed by atoms with Crippen LogP contribution in [0.25, 0.3) is 21.1 Å². The molecule has 0 N–H and O–H groups in total. The van der Waals surface area contributed by atoms with Crippen molar-refractivity contribution in [2.75, 3.05) is 0 Å². The largest absolute Gasteiger partial charge is 0.235 e. The summed E-state index contributed by atoms with van der Waals surface area (Å²) in [4.78, 5) is 5.51. The van der Waals surface area contributed by atoms with E-state index >= 15 is 0 Å². The van der Waals surface area contributed by atoms with Crippen LogP contribution in [0, 0.1) is 0 Å². The number of pyridine rings is 1. The van der Waals surface area contributed by atoms with Crippen LogP contribution in [0.4, 0.5) is 0 Å². The molecular formula is C10H5BrN2S. The number of benzene rings is 1. The molecule has 0 spiro atoms. The summed E-state index contributed by atoms with van der Waals surface area (Å²) in [6.45, 7) is 0. The third-order valence-electron chi connectivity index (χ3n) is 2.10. The number of halogens is 1. The lowest BCUT2D eigenvalue weighted by molar-refractivity contribution is 1.53. The Hall–Kier alpha value is -1.00. The van der Waals surface area contributed by atoms with E-state index in [1.54, 1.807) is 0 Å². The highest BCUT2D eigenvalue weighted by atomic mass is 79.9. The second kappa shape index (κ2) is 3.00. The number of fused-ring (bicyclic) bond motifs is 2. The standard InChI is InChI=1S/C10H5BrN2S/c11-8-1-2-9-6(4-8)3-7-5-12-14-10(7)13-9/h1-5H. The fraction of sp³-hybridized carbons (Fsp3) is 0. The van der Waals surface area contributed by atoms with Crippen LogP contribution in [0.2, 0.25) is 0 Å². The lowest BCUT2D eigenvalue weighted by Crippen LogP contribution is -1.77. The zero-order valence-electron chi connectivity index (χ0n) is 7.07. The summed E-state index contributed by atoms with van der Waals surface area (Å²) in [6.07, 6.45) is 1.85. The summed E-state index contributed by atoms with van der Waals surface area (Å²) < 4.78 is 5.19. The summed E-state index contributed by atoms with van der Waals surface area (Å²) in [5.74, 6) is 0. The van der Waals surface area contributed by atoms with Crippen LogP contribution < -0.4 is 0 Å². The molecule has 2 nitrogen and oxygen atoms in total. The van der Waals surface area contributed by atoms with Gasteiger partial charge in [0.25, 0.3) is 0 Å².